The van der Waals surface area contributed by atoms with Crippen LogP contribution in [0, 0.1) is 11.6 Å². The third-order valence-corrected chi connectivity index (χ3v) is 5.08. The van der Waals surface area contributed by atoms with Gasteiger partial charge in [0.05, 0.1) is 10.6 Å². The first-order chi connectivity index (χ1) is 13.5. The molecular formula is C20H16ClF2N3O2. The average Bonchev–Trinajstić information content (AvgIpc) is 3.20. The molecule has 1 saturated heterocycles. The van der Waals surface area contributed by atoms with E-state index in [4.69, 9.17) is 16.1 Å². The van der Waals surface area contributed by atoms with Gasteiger partial charge < -0.3 is 9.42 Å². The molecule has 0 unspecified atom stereocenters. The van der Waals surface area contributed by atoms with Crippen molar-refractivity contribution in [3.8, 4) is 11.5 Å². The molecule has 28 heavy (non-hydrogen) atoms. The van der Waals surface area contributed by atoms with E-state index in [9.17, 15) is 13.6 Å². The fraction of sp³-hybridized carbons (Fsp3) is 0.250. The number of halogens is 3. The molecule has 1 amide bonds. The van der Waals surface area contributed by atoms with Crippen LogP contribution in [0.2, 0.25) is 5.02 Å². The Bertz CT molecular complexity index is 1020. The molecule has 1 fully saturated rings. The summed E-state index contributed by atoms with van der Waals surface area (Å²) >= 11 is 6.06. The number of hydrogen-bond acceptors (Lipinski definition) is 4. The summed E-state index contributed by atoms with van der Waals surface area (Å²) < 4.78 is 32.2. The third kappa shape index (κ3) is 3.75. The van der Waals surface area contributed by atoms with E-state index in [2.05, 4.69) is 10.1 Å². The van der Waals surface area contributed by atoms with E-state index in [1.807, 2.05) is 0 Å². The van der Waals surface area contributed by atoms with Gasteiger partial charge in [-0.25, -0.2) is 8.78 Å². The molecule has 2 aromatic carbocycles. The van der Waals surface area contributed by atoms with Gasteiger partial charge in [-0.15, -0.1) is 0 Å². The molecular weight excluding hydrogens is 388 g/mol. The molecule has 0 aliphatic carbocycles. The first kappa shape index (κ1) is 18.6. The Hall–Kier alpha value is -2.80. The van der Waals surface area contributed by atoms with Crippen molar-refractivity contribution in [3.63, 3.8) is 0 Å². The van der Waals surface area contributed by atoms with Crippen molar-refractivity contribution in [2.24, 2.45) is 0 Å². The van der Waals surface area contributed by atoms with Crippen LogP contribution >= 0.6 is 11.6 Å². The lowest BCUT2D eigenvalue weighted by atomic mass is 9.96. The van der Waals surface area contributed by atoms with E-state index in [0.717, 1.165) is 18.9 Å². The van der Waals surface area contributed by atoms with E-state index in [-0.39, 0.29) is 28.3 Å². The summed E-state index contributed by atoms with van der Waals surface area (Å²) in [5.41, 5.74) is 0.630. The Balaban J connectivity index is 1.53. The number of rotatable bonds is 3. The number of likely N-dealkylation sites (tertiary alicyclic amines) is 1. The van der Waals surface area contributed by atoms with Gasteiger partial charge in [-0.3, -0.25) is 4.79 Å². The van der Waals surface area contributed by atoms with Gasteiger partial charge >= 0.3 is 0 Å². The maximum atomic E-state index is 13.5. The summed E-state index contributed by atoms with van der Waals surface area (Å²) in [7, 11) is 0. The molecule has 1 aromatic heterocycles. The number of nitrogens with zero attached hydrogens (tertiary/aromatic N) is 3. The molecule has 144 valence electrons. The largest absolute Gasteiger partial charge is 0.338 e. The Labute approximate surface area is 164 Å². The zero-order valence-corrected chi connectivity index (χ0v) is 15.5. The second-order valence-electron chi connectivity index (χ2n) is 6.68. The molecule has 0 bridgehead atoms. The van der Waals surface area contributed by atoms with Crippen LogP contribution in [0.15, 0.2) is 47.0 Å². The summed E-state index contributed by atoms with van der Waals surface area (Å²) in [4.78, 5) is 18.8. The minimum atomic E-state index is -0.515. The minimum Gasteiger partial charge on any atom is -0.338 e. The summed E-state index contributed by atoms with van der Waals surface area (Å²) in [6.07, 6.45) is 1.52. The van der Waals surface area contributed by atoms with Gasteiger partial charge in [-0.1, -0.05) is 22.8 Å². The van der Waals surface area contributed by atoms with Gasteiger partial charge in [0.25, 0.3) is 11.8 Å². The molecule has 5 nitrogen and oxygen atoms in total. The third-order valence-electron chi connectivity index (χ3n) is 4.75. The van der Waals surface area contributed by atoms with Gasteiger partial charge in [0.2, 0.25) is 0 Å². The highest BCUT2D eigenvalue weighted by Crippen LogP contribution is 2.29. The highest BCUT2D eigenvalue weighted by atomic mass is 35.5. The molecule has 8 heteroatoms. The summed E-state index contributed by atoms with van der Waals surface area (Å²) in [6.45, 7) is 0.907. The first-order valence-corrected chi connectivity index (χ1v) is 9.23. The Morgan fingerprint density at radius 3 is 2.82 bits per heavy atom. The zero-order valence-electron chi connectivity index (χ0n) is 14.7. The van der Waals surface area contributed by atoms with E-state index in [0.29, 0.717) is 24.5 Å². The number of aromatic nitrogens is 2. The Morgan fingerprint density at radius 2 is 2.00 bits per heavy atom. The monoisotopic (exact) mass is 403 g/mol. The van der Waals surface area contributed by atoms with Crippen molar-refractivity contribution < 1.29 is 18.1 Å². The topological polar surface area (TPSA) is 59.2 Å². The van der Waals surface area contributed by atoms with Gasteiger partial charge in [-0.2, -0.15) is 4.98 Å². The number of hydrogen-bond donors (Lipinski definition) is 0. The van der Waals surface area contributed by atoms with Crippen molar-refractivity contribution in [1.29, 1.82) is 0 Å². The van der Waals surface area contributed by atoms with E-state index in [1.165, 1.54) is 24.3 Å². The van der Waals surface area contributed by atoms with Crippen molar-refractivity contribution in [2.75, 3.05) is 13.1 Å². The van der Waals surface area contributed by atoms with E-state index < -0.39 is 11.6 Å². The Morgan fingerprint density at radius 1 is 1.18 bits per heavy atom. The molecule has 1 atom stereocenters. The molecule has 0 N–H and O–H groups in total. The minimum absolute atomic E-state index is 0.129. The lowest BCUT2D eigenvalue weighted by Crippen LogP contribution is -2.39. The smallest absolute Gasteiger partial charge is 0.258 e. The molecule has 1 aliphatic heterocycles. The number of carbonyl (C=O) groups is 1. The molecule has 0 saturated carbocycles. The first-order valence-electron chi connectivity index (χ1n) is 8.85. The van der Waals surface area contributed by atoms with Crippen LogP contribution < -0.4 is 0 Å². The van der Waals surface area contributed by atoms with Gasteiger partial charge in [-0.05, 0) is 49.2 Å². The summed E-state index contributed by atoms with van der Waals surface area (Å²) in [5.74, 6) is -0.676. The molecule has 4 rings (SSSR count). The van der Waals surface area contributed by atoms with Crippen molar-refractivity contribution in [1.82, 2.24) is 15.0 Å². The van der Waals surface area contributed by atoms with Crippen molar-refractivity contribution in [2.45, 2.75) is 18.8 Å². The number of amides is 1. The summed E-state index contributed by atoms with van der Waals surface area (Å²) in [6, 6.07) is 9.64. The Kier molecular flexibility index (Phi) is 5.09. The van der Waals surface area contributed by atoms with Crippen LogP contribution in [0.3, 0.4) is 0 Å². The highest BCUT2D eigenvalue weighted by molar-refractivity contribution is 6.33. The lowest BCUT2D eigenvalue weighted by Gasteiger charge is -2.31. The van der Waals surface area contributed by atoms with Gasteiger partial charge in [0.1, 0.15) is 11.6 Å². The fourth-order valence-electron chi connectivity index (χ4n) is 3.34. The quantitative estimate of drug-likeness (QED) is 0.636. The number of carbonyl (C=O) groups excluding carboxylic acids is 1. The van der Waals surface area contributed by atoms with E-state index in [1.54, 1.807) is 17.0 Å². The van der Waals surface area contributed by atoms with Crippen molar-refractivity contribution >= 4 is 17.5 Å². The normalized spacial score (nSPS) is 17.0. The number of piperidine rings is 1. The van der Waals surface area contributed by atoms with Gasteiger partial charge in [0.15, 0.2) is 5.82 Å². The zero-order chi connectivity index (χ0) is 19.7. The van der Waals surface area contributed by atoms with E-state index >= 15 is 0 Å². The van der Waals surface area contributed by atoms with Crippen LogP contribution in [0.25, 0.3) is 11.5 Å². The highest BCUT2D eigenvalue weighted by Gasteiger charge is 2.29. The molecule has 3 aromatic rings. The predicted molar refractivity (Wildman–Crippen MR) is 99.0 cm³/mol. The standard InChI is InChI=1S/C20H16ClF2N3O2/c21-17-7-6-15(23)10-16(17)20(27)26-8-2-4-13(11-26)18-24-19(28-25-18)12-3-1-5-14(22)9-12/h1,3,5-7,9-10,13H,2,4,8,11H2/t13-/m0/s1. The molecule has 0 spiro atoms. The van der Waals surface area contributed by atoms with Crippen LogP contribution in [0.5, 0.6) is 0 Å². The predicted octanol–water partition coefficient (Wildman–Crippen LogP) is 4.69. The molecule has 0 radical (unpaired) electrons. The molecule has 1 aliphatic rings. The van der Waals surface area contributed by atoms with Crippen LogP contribution in [0.1, 0.15) is 34.9 Å². The van der Waals surface area contributed by atoms with Crippen LogP contribution in [-0.4, -0.2) is 34.0 Å². The SMILES string of the molecule is O=C(c1cc(F)ccc1Cl)N1CCC[C@H](c2noc(-c3cccc(F)c3)n2)C1. The van der Waals surface area contributed by atoms with Crippen molar-refractivity contribution in [3.05, 3.63) is 70.5 Å². The average molecular weight is 404 g/mol. The lowest BCUT2D eigenvalue weighted by molar-refractivity contribution is 0.0703. The second-order valence-corrected chi connectivity index (χ2v) is 7.09. The number of benzene rings is 2. The fourth-order valence-corrected chi connectivity index (χ4v) is 3.54. The maximum absolute atomic E-state index is 13.5. The van der Waals surface area contributed by atoms with Crippen LogP contribution in [-0.2, 0) is 0 Å². The second kappa shape index (κ2) is 7.67. The van der Waals surface area contributed by atoms with Gasteiger partial charge in [0, 0.05) is 24.6 Å². The summed E-state index contributed by atoms with van der Waals surface area (Å²) in [5, 5.41) is 4.22. The van der Waals surface area contributed by atoms with Crippen LogP contribution in [0.4, 0.5) is 8.78 Å². The maximum Gasteiger partial charge on any atom is 0.258 e. The molecule has 2 heterocycles.